The van der Waals surface area contributed by atoms with Gasteiger partial charge in [0.05, 0.1) is 0 Å². The van der Waals surface area contributed by atoms with Crippen molar-refractivity contribution in [2.24, 2.45) is 11.1 Å². The van der Waals surface area contributed by atoms with E-state index in [1.165, 1.54) is 10.9 Å². The van der Waals surface area contributed by atoms with E-state index in [9.17, 15) is 0 Å². The maximum Gasteiger partial charge on any atom is 0.218 e. The first-order valence-electron chi connectivity index (χ1n) is 7.52. The smallest absolute Gasteiger partial charge is 0.218 e. The summed E-state index contributed by atoms with van der Waals surface area (Å²) in [7, 11) is 0. The van der Waals surface area contributed by atoms with Crippen molar-refractivity contribution in [1.82, 2.24) is 9.54 Å². The fourth-order valence-corrected chi connectivity index (χ4v) is 4.52. The van der Waals surface area contributed by atoms with Crippen molar-refractivity contribution >= 4 is 17.7 Å². The van der Waals surface area contributed by atoms with Crippen LogP contribution >= 0.6 is 11.8 Å². The highest BCUT2D eigenvalue weighted by atomic mass is 35.5. The molecular weight excluding hydrogens is 260 g/mol. The molecule has 19 heavy (non-hydrogen) atoms. The summed E-state index contributed by atoms with van der Waals surface area (Å²) in [6, 6.07) is 0. The molecule has 0 radical (unpaired) electrons. The van der Waals surface area contributed by atoms with Crippen LogP contribution < -0.4 is 5.73 Å². The normalized spacial score (nSPS) is 22.2. The number of nitrogens with one attached hydrogen (secondary N) is 1. The predicted octanol–water partition coefficient (Wildman–Crippen LogP) is 3.71. The largest absolute Gasteiger partial charge is 0.368 e. The van der Waals surface area contributed by atoms with Crippen LogP contribution in [0, 0.1) is 10.8 Å². The lowest BCUT2D eigenvalue weighted by Gasteiger charge is -2.60. The van der Waals surface area contributed by atoms with Gasteiger partial charge in [-0.1, -0.05) is 27.7 Å². The lowest BCUT2D eigenvalue weighted by atomic mass is 9.59. The zero-order valence-electron chi connectivity index (χ0n) is 12.8. The third-order valence-corrected chi connectivity index (χ3v) is 5.81. The van der Waals surface area contributed by atoms with Gasteiger partial charge in [-0.3, -0.25) is 5.41 Å². The van der Waals surface area contributed by atoms with Crippen molar-refractivity contribution in [3.63, 3.8) is 0 Å². The van der Waals surface area contributed by atoms with E-state index in [0.717, 1.165) is 38.6 Å². The Kier molecular flexibility index (Phi) is 5.51. The van der Waals surface area contributed by atoms with Gasteiger partial charge in [0.2, 0.25) is 5.96 Å². The number of piperidine rings is 1. The van der Waals surface area contributed by atoms with E-state index in [1.54, 1.807) is 0 Å². The van der Waals surface area contributed by atoms with Crippen LogP contribution in [0.5, 0.6) is 0 Å². The SMILES string of the molecule is CCC1(CC)CCCN(N(Cl)C(=N)N)C1(CC)CC. The molecule has 0 aliphatic carbocycles. The van der Waals surface area contributed by atoms with E-state index in [1.807, 2.05) is 0 Å². The van der Waals surface area contributed by atoms with Crippen molar-refractivity contribution in [3.8, 4) is 0 Å². The molecule has 0 saturated carbocycles. The Morgan fingerprint density at radius 2 is 1.74 bits per heavy atom. The Morgan fingerprint density at radius 3 is 2.11 bits per heavy atom. The fourth-order valence-electron chi connectivity index (χ4n) is 4.30. The van der Waals surface area contributed by atoms with Crippen LogP contribution in [0.1, 0.15) is 66.2 Å². The second kappa shape index (κ2) is 6.31. The molecule has 1 saturated heterocycles. The average molecular weight is 289 g/mol. The lowest BCUT2D eigenvalue weighted by Crippen LogP contribution is -2.67. The number of guanidine groups is 1. The second-order valence-corrected chi connectivity index (χ2v) is 5.92. The topological polar surface area (TPSA) is 56.4 Å². The minimum atomic E-state index is -0.0871. The highest BCUT2D eigenvalue weighted by Crippen LogP contribution is 2.53. The minimum Gasteiger partial charge on any atom is -0.368 e. The summed E-state index contributed by atoms with van der Waals surface area (Å²) in [5, 5.41) is 9.78. The molecule has 1 aliphatic rings. The van der Waals surface area contributed by atoms with Gasteiger partial charge in [-0.05, 0) is 43.9 Å². The van der Waals surface area contributed by atoms with Crippen LogP contribution in [-0.4, -0.2) is 27.6 Å². The Hall–Kier alpha value is -0.480. The minimum absolute atomic E-state index is 0.00215. The van der Waals surface area contributed by atoms with Crippen LogP contribution in [0.15, 0.2) is 0 Å². The van der Waals surface area contributed by atoms with Crippen molar-refractivity contribution in [3.05, 3.63) is 0 Å². The molecule has 1 aliphatic heterocycles. The summed E-state index contributed by atoms with van der Waals surface area (Å²) in [4.78, 5) is 0. The number of nitrogens with zero attached hydrogens (tertiary/aromatic N) is 2. The highest BCUT2D eigenvalue weighted by Gasteiger charge is 2.54. The number of halogens is 1. The summed E-state index contributed by atoms with van der Waals surface area (Å²) in [5.41, 5.74) is 5.87. The molecule has 1 fully saturated rings. The first kappa shape index (κ1) is 16.6. The summed E-state index contributed by atoms with van der Waals surface area (Å²) >= 11 is 6.29. The van der Waals surface area contributed by atoms with Gasteiger partial charge in [0.25, 0.3) is 0 Å². The first-order valence-corrected chi connectivity index (χ1v) is 7.86. The first-order chi connectivity index (χ1) is 8.94. The van der Waals surface area contributed by atoms with Crippen molar-refractivity contribution in [2.45, 2.75) is 71.8 Å². The molecule has 0 aromatic heterocycles. The maximum absolute atomic E-state index is 7.64. The molecule has 0 aromatic rings. The zero-order valence-corrected chi connectivity index (χ0v) is 13.6. The molecule has 1 heterocycles. The molecule has 1 rings (SSSR count). The number of hydrogen-bond acceptors (Lipinski definition) is 2. The van der Waals surface area contributed by atoms with Crippen LogP contribution in [0.2, 0.25) is 0 Å². The van der Waals surface area contributed by atoms with E-state index in [2.05, 4.69) is 32.7 Å². The molecule has 0 aromatic carbocycles. The molecular formula is C14H29ClN4. The van der Waals surface area contributed by atoms with E-state index < -0.39 is 0 Å². The predicted molar refractivity (Wildman–Crippen MR) is 81.9 cm³/mol. The van der Waals surface area contributed by atoms with Gasteiger partial charge in [0, 0.05) is 23.9 Å². The number of nitrogens with two attached hydrogens (primary N) is 1. The number of hydrogen-bond donors (Lipinski definition) is 2. The summed E-state index contributed by atoms with van der Waals surface area (Å²) in [6.07, 6.45) is 6.69. The monoisotopic (exact) mass is 288 g/mol. The Balaban J connectivity index is 3.27. The van der Waals surface area contributed by atoms with Gasteiger partial charge in [-0.25, -0.2) is 0 Å². The molecule has 0 spiro atoms. The van der Waals surface area contributed by atoms with Crippen LogP contribution in [0.4, 0.5) is 0 Å². The second-order valence-electron chi connectivity index (χ2n) is 5.60. The third kappa shape index (κ3) is 2.45. The average Bonchev–Trinajstić information content (AvgIpc) is 2.44. The van der Waals surface area contributed by atoms with Gasteiger partial charge >= 0.3 is 0 Å². The third-order valence-electron chi connectivity index (χ3n) is 5.44. The molecule has 4 nitrogen and oxygen atoms in total. The Bertz CT molecular complexity index is 311. The summed E-state index contributed by atoms with van der Waals surface area (Å²) in [6.45, 7) is 9.89. The molecule has 0 unspecified atom stereocenters. The Morgan fingerprint density at radius 1 is 1.21 bits per heavy atom. The molecule has 112 valence electrons. The lowest BCUT2D eigenvalue weighted by molar-refractivity contribution is -0.140. The van der Waals surface area contributed by atoms with Crippen molar-refractivity contribution in [1.29, 1.82) is 5.41 Å². The number of rotatable bonds is 5. The molecule has 0 atom stereocenters. The molecule has 0 amide bonds. The quantitative estimate of drug-likeness (QED) is 0.461. The standard InChI is InChI=1S/C14H29ClN4/c1-5-13(6-2)10-9-11-18(19(15)12(16)17)14(13,7-3)8-4/h5-11H2,1-4H3,(H3,16,17). The molecule has 3 N–H and O–H groups in total. The van der Waals surface area contributed by atoms with Gasteiger partial charge in [-0.15, -0.1) is 0 Å². The number of hydrazine groups is 1. The van der Waals surface area contributed by atoms with Crippen LogP contribution in [0.3, 0.4) is 0 Å². The van der Waals surface area contributed by atoms with E-state index in [0.29, 0.717) is 0 Å². The Labute approximate surface area is 122 Å². The van der Waals surface area contributed by atoms with Gasteiger partial charge in [0.15, 0.2) is 0 Å². The van der Waals surface area contributed by atoms with Gasteiger partial charge in [0.1, 0.15) is 0 Å². The molecule has 0 bridgehead atoms. The van der Waals surface area contributed by atoms with E-state index in [4.69, 9.17) is 22.9 Å². The van der Waals surface area contributed by atoms with Crippen molar-refractivity contribution < 1.29 is 0 Å². The van der Waals surface area contributed by atoms with E-state index >= 15 is 0 Å². The molecule has 5 heteroatoms. The van der Waals surface area contributed by atoms with Gasteiger partial charge < -0.3 is 5.73 Å². The van der Waals surface area contributed by atoms with Crippen molar-refractivity contribution in [2.75, 3.05) is 6.54 Å². The van der Waals surface area contributed by atoms with E-state index in [-0.39, 0.29) is 16.9 Å². The summed E-state index contributed by atoms with van der Waals surface area (Å²) < 4.78 is 1.34. The van der Waals surface area contributed by atoms with Gasteiger partial charge in [-0.2, -0.15) is 9.54 Å². The summed E-state index contributed by atoms with van der Waals surface area (Å²) in [5.74, 6) is -0.0871. The highest BCUT2D eigenvalue weighted by molar-refractivity contribution is 6.20. The zero-order chi connectivity index (χ0) is 14.7. The van der Waals surface area contributed by atoms with Crippen LogP contribution in [0.25, 0.3) is 0 Å². The fraction of sp³-hybridized carbons (Fsp3) is 0.929. The van der Waals surface area contributed by atoms with Crippen LogP contribution in [-0.2, 0) is 0 Å². The maximum atomic E-state index is 7.64.